The SMILES string of the molecule is C=C[C@]1(C)C[C@@H](OC(=O)NC(=O)O[C@@H]2CO[C@H]3[C@@H]2OC[C@H]3O)[C@@]2(C)C(C)CC[C@]3(CCC(=O)[C@H]32)[C@@H](C)[C@@H]1O. The number of amides is 2. The van der Waals surface area contributed by atoms with E-state index in [1.54, 1.807) is 6.08 Å². The van der Waals surface area contributed by atoms with Crippen molar-refractivity contribution >= 4 is 18.0 Å². The Labute approximate surface area is 223 Å². The standard InChI is InChI=1S/C28H41NO9/c1-6-26(4)11-19(38-25(34)29-24(33)37-18-13-36-20-17(31)12-35-21(18)20)27(5)14(2)7-9-28(15(3)23(26)32)10-8-16(30)22(27)28/h6,14-15,17-23,31-32H,1,7-13H2,2-5H3,(H,29,33,34)/t14?,15-,17+,18+,19+,20+,21+,22-,23-,26+,27+,28-/m0/s1. The van der Waals surface area contributed by atoms with Crippen LogP contribution in [0.3, 0.4) is 0 Å². The first-order chi connectivity index (χ1) is 17.9. The van der Waals surface area contributed by atoms with Crippen molar-refractivity contribution in [3.8, 4) is 0 Å². The lowest BCUT2D eigenvalue weighted by molar-refractivity contribution is -0.191. The number of Topliss-reactive ketones (excluding diaryl/α,β-unsaturated/α-hetero) is 1. The highest BCUT2D eigenvalue weighted by molar-refractivity contribution is 5.88. The van der Waals surface area contributed by atoms with Gasteiger partial charge in [-0.1, -0.05) is 33.8 Å². The fraction of sp³-hybridized carbons (Fsp3) is 0.821. The number of imide groups is 1. The molecule has 0 aromatic carbocycles. The van der Waals surface area contributed by atoms with Gasteiger partial charge in [0.05, 0.1) is 19.3 Å². The molecule has 5 rings (SSSR count). The minimum Gasteiger partial charge on any atom is -0.445 e. The number of alkyl carbamates (subject to hydrolysis) is 2. The molecule has 3 saturated carbocycles. The Bertz CT molecular complexity index is 1000. The molecule has 2 saturated heterocycles. The summed E-state index contributed by atoms with van der Waals surface area (Å²) >= 11 is 0. The topological polar surface area (TPSA) is 141 Å². The van der Waals surface area contributed by atoms with Crippen molar-refractivity contribution in [2.45, 2.75) is 96.4 Å². The normalized spacial score (nSPS) is 49.8. The van der Waals surface area contributed by atoms with Crippen LogP contribution >= 0.6 is 0 Å². The van der Waals surface area contributed by atoms with Crippen LogP contribution in [0.25, 0.3) is 0 Å². The molecule has 5 aliphatic rings. The molecule has 38 heavy (non-hydrogen) atoms. The lowest BCUT2D eigenvalue weighted by atomic mass is 9.44. The zero-order chi connectivity index (χ0) is 27.6. The van der Waals surface area contributed by atoms with Crippen LogP contribution in [0, 0.1) is 34.0 Å². The van der Waals surface area contributed by atoms with Gasteiger partial charge in [-0.15, -0.1) is 6.58 Å². The number of carbonyl (C=O) groups is 3. The number of aliphatic hydroxyl groups excluding tert-OH is 2. The molecule has 0 radical (unpaired) electrons. The van der Waals surface area contributed by atoms with Gasteiger partial charge in [-0.05, 0) is 42.9 Å². The Kier molecular flexibility index (Phi) is 6.94. The molecule has 2 aliphatic heterocycles. The molecule has 3 N–H and O–H groups in total. The van der Waals surface area contributed by atoms with Gasteiger partial charge in [0.25, 0.3) is 0 Å². The molecule has 3 aliphatic carbocycles. The Morgan fingerprint density at radius 2 is 1.76 bits per heavy atom. The van der Waals surface area contributed by atoms with E-state index in [-0.39, 0.29) is 48.6 Å². The molecule has 12 atom stereocenters. The van der Waals surface area contributed by atoms with Crippen molar-refractivity contribution in [2.75, 3.05) is 13.2 Å². The van der Waals surface area contributed by atoms with Gasteiger partial charge < -0.3 is 29.2 Å². The molecule has 0 aromatic heterocycles. The van der Waals surface area contributed by atoms with Crippen molar-refractivity contribution in [3.05, 3.63) is 12.7 Å². The Hall–Kier alpha value is -2.01. The predicted octanol–water partition coefficient (Wildman–Crippen LogP) is 2.74. The molecule has 1 unspecified atom stereocenters. The third-order valence-corrected chi connectivity index (χ3v) is 11.0. The smallest absolute Gasteiger partial charge is 0.417 e. The molecule has 0 spiro atoms. The second-order valence-corrected chi connectivity index (χ2v) is 12.7. The average molecular weight is 536 g/mol. The maximum absolute atomic E-state index is 13.5. The average Bonchev–Trinajstić information content (AvgIpc) is 3.55. The summed E-state index contributed by atoms with van der Waals surface area (Å²) in [5.41, 5.74) is -1.85. The van der Waals surface area contributed by atoms with Crippen LogP contribution in [0.2, 0.25) is 0 Å². The molecule has 5 fully saturated rings. The molecule has 2 heterocycles. The number of rotatable bonds is 3. The van der Waals surface area contributed by atoms with Gasteiger partial charge in [0.1, 0.15) is 30.2 Å². The van der Waals surface area contributed by atoms with Gasteiger partial charge in [0, 0.05) is 23.2 Å². The molecule has 0 aromatic rings. The van der Waals surface area contributed by atoms with Gasteiger partial charge in [-0.2, -0.15) is 0 Å². The van der Waals surface area contributed by atoms with Crippen LogP contribution in [0.5, 0.6) is 0 Å². The molecular formula is C28H41NO9. The summed E-state index contributed by atoms with van der Waals surface area (Å²) in [6.07, 6.45) is -1.42. The van der Waals surface area contributed by atoms with Gasteiger partial charge in [-0.25, -0.2) is 14.9 Å². The van der Waals surface area contributed by atoms with Crippen LogP contribution in [0.4, 0.5) is 9.59 Å². The minimum absolute atomic E-state index is 0.0483. The van der Waals surface area contributed by atoms with Crippen LogP contribution in [0.1, 0.15) is 59.8 Å². The van der Waals surface area contributed by atoms with E-state index in [4.69, 9.17) is 18.9 Å². The fourth-order valence-corrected chi connectivity index (χ4v) is 8.46. The second kappa shape index (κ2) is 9.57. The quantitative estimate of drug-likeness (QED) is 0.465. The van der Waals surface area contributed by atoms with Crippen molar-refractivity contribution in [3.63, 3.8) is 0 Å². The number of ether oxygens (including phenoxy) is 4. The van der Waals surface area contributed by atoms with E-state index < -0.39 is 59.6 Å². The first-order valence-electron chi connectivity index (χ1n) is 13.8. The third-order valence-electron chi connectivity index (χ3n) is 11.0. The first kappa shape index (κ1) is 27.6. The van der Waals surface area contributed by atoms with E-state index in [2.05, 4.69) is 18.8 Å². The maximum Gasteiger partial charge on any atom is 0.417 e. The first-order valence-corrected chi connectivity index (χ1v) is 13.8. The minimum atomic E-state index is -1.01. The number of aliphatic hydroxyl groups is 2. The molecule has 2 bridgehead atoms. The van der Waals surface area contributed by atoms with Crippen molar-refractivity contribution in [2.24, 2.45) is 34.0 Å². The highest BCUT2D eigenvalue weighted by Gasteiger charge is 2.68. The summed E-state index contributed by atoms with van der Waals surface area (Å²) in [7, 11) is 0. The number of nitrogens with one attached hydrogen (secondary N) is 1. The van der Waals surface area contributed by atoms with Gasteiger partial charge in [0.15, 0.2) is 6.10 Å². The maximum atomic E-state index is 13.5. The Morgan fingerprint density at radius 1 is 1.08 bits per heavy atom. The number of fused-ring (bicyclic) bond motifs is 1. The number of ketones is 1. The van der Waals surface area contributed by atoms with Gasteiger partial charge in [0.2, 0.25) is 0 Å². The number of carbonyl (C=O) groups excluding carboxylic acids is 3. The van der Waals surface area contributed by atoms with Crippen LogP contribution in [0.15, 0.2) is 12.7 Å². The Morgan fingerprint density at radius 3 is 2.47 bits per heavy atom. The number of hydrogen-bond acceptors (Lipinski definition) is 9. The van der Waals surface area contributed by atoms with Gasteiger partial charge in [-0.3, -0.25) is 4.79 Å². The number of hydrogen-bond donors (Lipinski definition) is 3. The lowest BCUT2D eigenvalue weighted by Gasteiger charge is -2.61. The van der Waals surface area contributed by atoms with Crippen molar-refractivity contribution in [1.29, 1.82) is 0 Å². The molecule has 10 heteroatoms. The van der Waals surface area contributed by atoms with Crippen LogP contribution in [-0.4, -0.2) is 78.0 Å². The third kappa shape index (κ3) is 4.01. The highest BCUT2D eigenvalue weighted by Crippen LogP contribution is 2.68. The summed E-state index contributed by atoms with van der Waals surface area (Å²) in [4.78, 5) is 39.1. The summed E-state index contributed by atoms with van der Waals surface area (Å²) in [5, 5.41) is 23.6. The zero-order valence-corrected chi connectivity index (χ0v) is 22.7. The van der Waals surface area contributed by atoms with E-state index >= 15 is 0 Å². The van der Waals surface area contributed by atoms with Crippen LogP contribution in [-0.2, 0) is 23.7 Å². The van der Waals surface area contributed by atoms with Crippen LogP contribution < -0.4 is 5.32 Å². The van der Waals surface area contributed by atoms with E-state index in [0.717, 1.165) is 12.8 Å². The summed E-state index contributed by atoms with van der Waals surface area (Å²) in [6, 6.07) is 0. The van der Waals surface area contributed by atoms with E-state index in [9.17, 15) is 24.6 Å². The monoisotopic (exact) mass is 535 g/mol. The molecular weight excluding hydrogens is 494 g/mol. The summed E-state index contributed by atoms with van der Waals surface area (Å²) < 4.78 is 22.3. The van der Waals surface area contributed by atoms with E-state index in [0.29, 0.717) is 12.8 Å². The lowest BCUT2D eigenvalue weighted by Crippen LogP contribution is -2.63. The van der Waals surface area contributed by atoms with Crippen molar-refractivity contribution in [1.82, 2.24) is 5.32 Å². The predicted molar refractivity (Wildman–Crippen MR) is 134 cm³/mol. The summed E-state index contributed by atoms with van der Waals surface area (Å²) in [5.74, 6) is -0.265. The highest BCUT2D eigenvalue weighted by atomic mass is 16.6. The van der Waals surface area contributed by atoms with Crippen molar-refractivity contribution < 1.29 is 43.5 Å². The largest absolute Gasteiger partial charge is 0.445 e. The fourth-order valence-electron chi connectivity index (χ4n) is 8.46. The van der Waals surface area contributed by atoms with E-state index in [1.807, 2.05) is 20.8 Å². The zero-order valence-electron chi connectivity index (χ0n) is 22.7. The molecule has 212 valence electrons. The molecule has 2 amide bonds. The van der Waals surface area contributed by atoms with Gasteiger partial charge >= 0.3 is 12.2 Å². The molecule has 10 nitrogen and oxygen atoms in total. The van der Waals surface area contributed by atoms with E-state index in [1.165, 1.54) is 0 Å². The summed E-state index contributed by atoms with van der Waals surface area (Å²) in [6.45, 7) is 12.2. The second-order valence-electron chi connectivity index (χ2n) is 12.7. The Balaban J connectivity index is 1.38.